The topological polar surface area (TPSA) is 139 Å². The van der Waals surface area contributed by atoms with E-state index in [0.717, 1.165) is 29.2 Å². The zero-order valence-corrected chi connectivity index (χ0v) is 21.3. The normalized spacial score (nSPS) is 11.8. The molecule has 5 rings (SSSR count). The second-order valence-electron chi connectivity index (χ2n) is 7.67. The second-order valence-corrected chi connectivity index (χ2v) is 9.53. The Morgan fingerprint density at radius 2 is 1.86 bits per heavy atom. The molecule has 0 bridgehead atoms. The van der Waals surface area contributed by atoms with Gasteiger partial charge in [-0.25, -0.2) is 9.38 Å². The lowest BCUT2D eigenvalue weighted by Crippen LogP contribution is -2.22. The van der Waals surface area contributed by atoms with Crippen molar-refractivity contribution in [3.63, 3.8) is 0 Å². The van der Waals surface area contributed by atoms with Gasteiger partial charge in [0.2, 0.25) is 5.75 Å². The number of rotatable bonds is 7. The highest BCUT2D eigenvalue weighted by Gasteiger charge is 2.23. The predicted octanol–water partition coefficient (Wildman–Crippen LogP) is 5.23. The van der Waals surface area contributed by atoms with E-state index in [0.29, 0.717) is 19.5 Å². The highest BCUT2D eigenvalue weighted by atomic mass is 79.9. The molecule has 0 radical (unpaired) electrons. The molecule has 0 aliphatic carbocycles. The molecule has 2 aromatic heterocycles. The van der Waals surface area contributed by atoms with Crippen molar-refractivity contribution in [2.45, 2.75) is 6.92 Å². The number of hydrogen-bond donors (Lipinski definition) is 0. The van der Waals surface area contributed by atoms with Crippen LogP contribution < -0.4 is 19.6 Å². The van der Waals surface area contributed by atoms with Crippen molar-refractivity contribution < 1.29 is 19.3 Å². The van der Waals surface area contributed by atoms with Crippen LogP contribution in [0.1, 0.15) is 12.5 Å². The maximum absolute atomic E-state index is 13.1. The number of aromatic nitrogens is 2. The summed E-state index contributed by atoms with van der Waals surface area (Å²) in [5.41, 5.74) is 0.876. The SMILES string of the molecule is CCOc1cc(/C=c2\sc3nc4ccccc4n3c2=O)cc(Br)c1Oc1ccc([N+](=O)[O-])cc1[N+](=O)[O-]. The summed E-state index contributed by atoms with van der Waals surface area (Å²) in [4.78, 5) is 39.3. The summed E-state index contributed by atoms with van der Waals surface area (Å²) in [5.74, 6) is 0.211. The van der Waals surface area contributed by atoms with Crippen LogP contribution in [0.4, 0.5) is 11.4 Å². The predicted molar refractivity (Wildman–Crippen MR) is 141 cm³/mol. The van der Waals surface area contributed by atoms with Gasteiger partial charge in [-0.3, -0.25) is 25.0 Å². The molecule has 2 heterocycles. The van der Waals surface area contributed by atoms with Gasteiger partial charge in [0.05, 0.1) is 42.6 Å². The van der Waals surface area contributed by atoms with E-state index in [9.17, 15) is 25.0 Å². The largest absolute Gasteiger partial charge is 0.490 e. The lowest BCUT2D eigenvalue weighted by molar-refractivity contribution is -0.394. The molecule has 0 amide bonds. The van der Waals surface area contributed by atoms with E-state index >= 15 is 0 Å². The monoisotopic (exact) mass is 582 g/mol. The van der Waals surface area contributed by atoms with Crippen molar-refractivity contribution in [2.24, 2.45) is 0 Å². The Balaban J connectivity index is 1.59. The number of nitro groups is 2. The van der Waals surface area contributed by atoms with Crippen molar-refractivity contribution in [3.05, 3.63) is 99.7 Å². The van der Waals surface area contributed by atoms with Crippen LogP contribution in [0, 0.1) is 20.2 Å². The first kappa shape index (κ1) is 24.3. The van der Waals surface area contributed by atoms with Crippen LogP contribution in [0.5, 0.6) is 17.2 Å². The van der Waals surface area contributed by atoms with Gasteiger partial charge in [0, 0.05) is 6.07 Å². The summed E-state index contributed by atoms with van der Waals surface area (Å²) >= 11 is 4.67. The molecule has 186 valence electrons. The first-order valence-electron chi connectivity index (χ1n) is 10.8. The number of nitrogens with zero attached hydrogens (tertiary/aromatic N) is 4. The Kier molecular flexibility index (Phi) is 6.31. The molecule has 0 unspecified atom stereocenters. The van der Waals surface area contributed by atoms with Crippen LogP contribution in [0.3, 0.4) is 0 Å². The molecule has 3 aromatic carbocycles. The van der Waals surface area contributed by atoms with Gasteiger partial charge < -0.3 is 9.47 Å². The summed E-state index contributed by atoms with van der Waals surface area (Å²) in [6.07, 6.45) is 1.70. The van der Waals surface area contributed by atoms with Crippen LogP contribution in [0.2, 0.25) is 0 Å². The number of ether oxygens (including phenoxy) is 2. The number of imidazole rings is 1. The molecular formula is C24H15BrN4O7S. The molecular weight excluding hydrogens is 568 g/mol. The average molecular weight is 583 g/mol. The summed E-state index contributed by atoms with van der Waals surface area (Å²) in [6, 6.07) is 13.8. The molecule has 37 heavy (non-hydrogen) atoms. The molecule has 0 saturated carbocycles. The second kappa shape index (κ2) is 9.59. The van der Waals surface area contributed by atoms with Gasteiger partial charge in [0.25, 0.3) is 11.2 Å². The van der Waals surface area contributed by atoms with E-state index in [2.05, 4.69) is 20.9 Å². The molecule has 0 N–H and O–H groups in total. The van der Waals surface area contributed by atoms with Crippen molar-refractivity contribution >= 4 is 60.7 Å². The van der Waals surface area contributed by atoms with Gasteiger partial charge in [-0.1, -0.05) is 23.5 Å². The van der Waals surface area contributed by atoms with Crippen molar-refractivity contribution in [3.8, 4) is 17.2 Å². The number of halogens is 1. The highest BCUT2D eigenvalue weighted by Crippen LogP contribution is 2.43. The minimum Gasteiger partial charge on any atom is -0.490 e. The zero-order chi connectivity index (χ0) is 26.3. The molecule has 0 saturated heterocycles. The van der Waals surface area contributed by atoms with Gasteiger partial charge in [0.1, 0.15) is 0 Å². The van der Waals surface area contributed by atoms with E-state index in [1.807, 2.05) is 24.3 Å². The molecule has 0 spiro atoms. The first-order chi connectivity index (χ1) is 17.8. The third kappa shape index (κ3) is 4.49. The van der Waals surface area contributed by atoms with Crippen LogP contribution in [0.25, 0.3) is 22.1 Å². The Labute approximate surface area is 219 Å². The Morgan fingerprint density at radius 3 is 2.59 bits per heavy atom. The quantitative estimate of drug-likeness (QED) is 0.188. The van der Waals surface area contributed by atoms with Crippen molar-refractivity contribution in [2.75, 3.05) is 6.61 Å². The Morgan fingerprint density at radius 1 is 1.08 bits per heavy atom. The number of para-hydroxylation sites is 2. The highest BCUT2D eigenvalue weighted by molar-refractivity contribution is 9.10. The Bertz CT molecular complexity index is 1830. The summed E-state index contributed by atoms with van der Waals surface area (Å²) in [5, 5.41) is 22.6. The molecule has 5 aromatic rings. The van der Waals surface area contributed by atoms with Crippen LogP contribution in [-0.2, 0) is 0 Å². The van der Waals surface area contributed by atoms with E-state index in [1.165, 1.54) is 11.3 Å². The van der Waals surface area contributed by atoms with Gasteiger partial charge in [-0.05, 0) is 64.8 Å². The molecule has 0 fully saturated rings. The van der Waals surface area contributed by atoms with Crippen molar-refractivity contribution in [1.29, 1.82) is 0 Å². The molecule has 0 aliphatic rings. The van der Waals surface area contributed by atoms with E-state index < -0.39 is 21.2 Å². The number of nitro benzene ring substituents is 2. The third-order valence-electron chi connectivity index (χ3n) is 5.34. The maximum atomic E-state index is 13.1. The summed E-state index contributed by atoms with van der Waals surface area (Å²) in [6.45, 7) is 2.03. The first-order valence-corrected chi connectivity index (χ1v) is 12.4. The number of non-ortho nitro benzene ring substituents is 1. The smallest absolute Gasteiger partial charge is 0.318 e. The van der Waals surface area contributed by atoms with Crippen LogP contribution in [0.15, 0.2) is 63.9 Å². The van der Waals surface area contributed by atoms with Crippen molar-refractivity contribution in [1.82, 2.24) is 9.38 Å². The lowest BCUT2D eigenvalue weighted by atomic mass is 10.2. The van der Waals surface area contributed by atoms with Gasteiger partial charge in [0.15, 0.2) is 16.5 Å². The van der Waals surface area contributed by atoms with Gasteiger partial charge in [-0.2, -0.15) is 0 Å². The number of fused-ring (bicyclic) bond motifs is 3. The number of benzene rings is 3. The molecule has 0 aliphatic heterocycles. The van der Waals surface area contributed by atoms with E-state index in [-0.39, 0.29) is 29.4 Å². The van der Waals surface area contributed by atoms with E-state index in [1.54, 1.807) is 29.5 Å². The minimum absolute atomic E-state index is 0.144. The molecule has 13 heteroatoms. The fourth-order valence-corrected chi connectivity index (χ4v) is 5.28. The fourth-order valence-electron chi connectivity index (χ4n) is 3.75. The van der Waals surface area contributed by atoms with Gasteiger partial charge >= 0.3 is 5.69 Å². The standard InChI is InChI=1S/C24H15BrN4O7S/c1-2-35-20-10-13(11-21-23(30)27-17-6-4-3-5-16(17)26-24(27)37-21)9-15(25)22(20)36-19-8-7-14(28(31)32)12-18(19)29(33)34/h3-12H,2H2,1H3/b21-11-. The zero-order valence-electron chi connectivity index (χ0n) is 18.9. The maximum Gasteiger partial charge on any atom is 0.318 e. The minimum atomic E-state index is -0.759. The molecule has 0 atom stereocenters. The number of thiazole rings is 1. The van der Waals surface area contributed by atoms with Crippen LogP contribution in [-0.4, -0.2) is 25.8 Å². The third-order valence-corrected chi connectivity index (χ3v) is 6.89. The molecule has 11 nitrogen and oxygen atoms in total. The fraction of sp³-hybridized carbons (Fsp3) is 0.0833. The van der Waals surface area contributed by atoms with E-state index in [4.69, 9.17) is 9.47 Å². The van der Waals surface area contributed by atoms with Gasteiger partial charge in [-0.15, -0.1) is 0 Å². The van der Waals surface area contributed by atoms with Crippen LogP contribution >= 0.6 is 27.3 Å². The summed E-state index contributed by atoms with van der Waals surface area (Å²) in [7, 11) is 0. The Hall–Kier alpha value is -4.36. The number of hydrogen-bond acceptors (Lipinski definition) is 9. The average Bonchev–Trinajstić information content (AvgIpc) is 3.37. The summed E-state index contributed by atoms with van der Waals surface area (Å²) < 4.78 is 14.0. The lowest BCUT2D eigenvalue weighted by Gasteiger charge is -2.14.